The van der Waals surface area contributed by atoms with E-state index in [2.05, 4.69) is 30.7 Å². The maximum Gasteiger partial charge on any atom is 0.289 e. The van der Waals surface area contributed by atoms with E-state index in [1.54, 1.807) is 0 Å². The number of carbonyl (C=O) groups excluding carboxylic acids is 1. The van der Waals surface area contributed by atoms with Gasteiger partial charge in [0.25, 0.3) is 5.91 Å². The van der Waals surface area contributed by atoms with Crippen LogP contribution in [0.3, 0.4) is 0 Å². The average Bonchev–Trinajstić information content (AvgIpc) is 2.96. The van der Waals surface area contributed by atoms with Crippen LogP contribution >= 0.6 is 0 Å². The Bertz CT molecular complexity index is 616. The summed E-state index contributed by atoms with van der Waals surface area (Å²) in [6.07, 6.45) is 4.17. The Labute approximate surface area is 115 Å². The largest absolute Gasteiger partial charge is 0.367 e. The average molecular weight is 276 g/mol. The summed E-state index contributed by atoms with van der Waals surface area (Å²) in [6.45, 7) is 1.02. The molecule has 0 fully saturated rings. The van der Waals surface area contributed by atoms with Crippen LogP contribution in [0, 0.1) is 0 Å². The monoisotopic (exact) mass is 276 g/mol. The van der Waals surface area contributed by atoms with Gasteiger partial charge in [-0.15, -0.1) is 15.3 Å². The number of H-pyrrole nitrogens is 1. The van der Waals surface area contributed by atoms with Crippen molar-refractivity contribution in [2.75, 3.05) is 5.73 Å². The first-order chi connectivity index (χ1) is 9.74. The minimum Gasteiger partial charge on any atom is -0.367 e. The highest BCUT2D eigenvalue weighted by Gasteiger charge is 2.20. The molecule has 4 N–H and O–H groups in total. The van der Waals surface area contributed by atoms with Crippen molar-refractivity contribution in [2.24, 2.45) is 0 Å². The van der Waals surface area contributed by atoms with Gasteiger partial charge >= 0.3 is 0 Å². The number of nitrogens with two attached hydrogens (primary N) is 1. The Morgan fingerprint density at radius 1 is 1.35 bits per heavy atom. The lowest BCUT2D eigenvalue weighted by atomic mass is 10.2. The van der Waals surface area contributed by atoms with Crippen molar-refractivity contribution in [1.82, 2.24) is 35.3 Å². The van der Waals surface area contributed by atoms with Crippen LogP contribution in [-0.4, -0.2) is 35.9 Å². The fourth-order valence-corrected chi connectivity index (χ4v) is 2.29. The molecular formula is C11H16N8O. The molecule has 0 unspecified atom stereocenters. The molecule has 0 saturated heterocycles. The van der Waals surface area contributed by atoms with Crippen LogP contribution in [0.4, 0.5) is 5.95 Å². The van der Waals surface area contributed by atoms with Crippen molar-refractivity contribution < 1.29 is 4.79 Å². The quantitative estimate of drug-likeness (QED) is 0.702. The van der Waals surface area contributed by atoms with Crippen LogP contribution in [-0.2, 0) is 19.5 Å². The third-order valence-corrected chi connectivity index (χ3v) is 3.28. The maximum absolute atomic E-state index is 12.1. The fourth-order valence-electron chi connectivity index (χ4n) is 2.29. The summed E-state index contributed by atoms with van der Waals surface area (Å²) in [5, 5.41) is 17.1. The molecule has 0 spiro atoms. The van der Waals surface area contributed by atoms with Gasteiger partial charge in [-0.05, 0) is 12.8 Å². The Hall–Kier alpha value is -2.45. The summed E-state index contributed by atoms with van der Waals surface area (Å²) in [6, 6.07) is 0. The van der Waals surface area contributed by atoms with E-state index >= 15 is 0 Å². The van der Waals surface area contributed by atoms with Gasteiger partial charge in [0, 0.05) is 13.0 Å². The van der Waals surface area contributed by atoms with E-state index < -0.39 is 0 Å². The molecule has 0 aliphatic carbocycles. The second-order valence-electron chi connectivity index (χ2n) is 4.73. The third-order valence-electron chi connectivity index (χ3n) is 3.28. The standard InChI is InChI=1S/C11H16N8O/c12-11-14-7(15-18-11)6-13-10(20)9-17-16-8-4-2-1-3-5-19(8)9/h1-6H2,(H,13,20)(H3,12,14,15,18). The molecule has 2 aromatic heterocycles. The van der Waals surface area contributed by atoms with Crippen molar-refractivity contribution in [1.29, 1.82) is 0 Å². The second kappa shape index (κ2) is 5.27. The van der Waals surface area contributed by atoms with Gasteiger partial charge in [0.1, 0.15) is 11.6 Å². The van der Waals surface area contributed by atoms with Crippen molar-refractivity contribution in [2.45, 2.75) is 38.8 Å². The van der Waals surface area contributed by atoms with Crippen LogP contribution in [0.5, 0.6) is 0 Å². The molecule has 2 aromatic rings. The van der Waals surface area contributed by atoms with Crippen molar-refractivity contribution in [3.8, 4) is 0 Å². The van der Waals surface area contributed by atoms with Crippen molar-refractivity contribution >= 4 is 11.9 Å². The lowest BCUT2D eigenvalue weighted by Gasteiger charge is -2.06. The van der Waals surface area contributed by atoms with Crippen LogP contribution in [0.15, 0.2) is 0 Å². The molecule has 0 bridgehead atoms. The molecule has 3 rings (SSSR count). The molecule has 0 atom stereocenters. The lowest BCUT2D eigenvalue weighted by Crippen LogP contribution is -2.27. The SMILES string of the molecule is Nc1n[nH]c(CNC(=O)c2nnc3n2CCCCC3)n1. The highest BCUT2D eigenvalue weighted by atomic mass is 16.2. The summed E-state index contributed by atoms with van der Waals surface area (Å²) in [4.78, 5) is 16.1. The van der Waals surface area contributed by atoms with E-state index in [0.29, 0.717) is 11.6 Å². The van der Waals surface area contributed by atoms with E-state index in [4.69, 9.17) is 5.73 Å². The Morgan fingerprint density at radius 2 is 2.25 bits per heavy atom. The maximum atomic E-state index is 12.1. The summed E-state index contributed by atoms with van der Waals surface area (Å²) >= 11 is 0. The molecule has 0 radical (unpaired) electrons. The highest BCUT2D eigenvalue weighted by Crippen LogP contribution is 2.14. The van der Waals surface area contributed by atoms with Crippen molar-refractivity contribution in [3.63, 3.8) is 0 Å². The lowest BCUT2D eigenvalue weighted by molar-refractivity contribution is 0.0934. The third kappa shape index (κ3) is 2.46. The molecule has 20 heavy (non-hydrogen) atoms. The summed E-state index contributed by atoms with van der Waals surface area (Å²) in [5.74, 6) is 1.64. The summed E-state index contributed by atoms with van der Waals surface area (Å²) in [7, 11) is 0. The molecule has 1 aliphatic rings. The van der Waals surface area contributed by atoms with E-state index in [-0.39, 0.29) is 18.4 Å². The van der Waals surface area contributed by atoms with Gasteiger partial charge in [-0.3, -0.25) is 9.89 Å². The molecule has 1 amide bonds. The number of hydrogen-bond donors (Lipinski definition) is 3. The Kier molecular flexibility index (Phi) is 3.32. The first kappa shape index (κ1) is 12.6. The fraction of sp³-hybridized carbons (Fsp3) is 0.545. The number of aromatic amines is 1. The number of nitrogens with zero attached hydrogens (tertiary/aromatic N) is 5. The highest BCUT2D eigenvalue weighted by molar-refractivity contribution is 5.90. The predicted molar refractivity (Wildman–Crippen MR) is 69.5 cm³/mol. The van der Waals surface area contributed by atoms with E-state index in [1.165, 1.54) is 0 Å². The molecule has 9 nitrogen and oxygen atoms in total. The number of amides is 1. The number of aryl methyl sites for hydroxylation is 1. The van der Waals surface area contributed by atoms with Gasteiger partial charge in [-0.1, -0.05) is 6.42 Å². The van der Waals surface area contributed by atoms with Gasteiger partial charge in [0.05, 0.1) is 6.54 Å². The van der Waals surface area contributed by atoms with Crippen LogP contribution in [0.1, 0.15) is 41.5 Å². The number of aromatic nitrogens is 6. The molecule has 1 aliphatic heterocycles. The van der Waals surface area contributed by atoms with Gasteiger partial charge in [-0.25, -0.2) is 0 Å². The first-order valence-corrected chi connectivity index (χ1v) is 6.61. The smallest absolute Gasteiger partial charge is 0.289 e. The van der Waals surface area contributed by atoms with E-state index in [9.17, 15) is 4.79 Å². The van der Waals surface area contributed by atoms with Crippen molar-refractivity contribution in [3.05, 3.63) is 17.5 Å². The second-order valence-corrected chi connectivity index (χ2v) is 4.73. The van der Waals surface area contributed by atoms with Gasteiger partial charge in [-0.2, -0.15) is 4.98 Å². The number of anilines is 1. The van der Waals surface area contributed by atoms with Crippen LogP contribution < -0.4 is 11.1 Å². The normalized spacial score (nSPS) is 14.6. The number of nitrogen functional groups attached to an aromatic ring is 1. The van der Waals surface area contributed by atoms with Gasteiger partial charge in [0.15, 0.2) is 0 Å². The minimum atomic E-state index is -0.263. The zero-order chi connectivity index (χ0) is 13.9. The summed E-state index contributed by atoms with van der Waals surface area (Å²) in [5.41, 5.74) is 5.40. The number of hydrogen-bond acceptors (Lipinski definition) is 6. The van der Waals surface area contributed by atoms with Gasteiger partial charge < -0.3 is 15.6 Å². The topological polar surface area (TPSA) is 127 Å². The zero-order valence-electron chi connectivity index (χ0n) is 11.0. The minimum absolute atomic E-state index is 0.158. The number of nitrogens with one attached hydrogen (secondary N) is 2. The molecule has 0 aromatic carbocycles. The number of fused-ring (bicyclic) bond motifs is 1. The van der Waals surface area contributed by atoms with Crippen LogP contribution in [0.25, 0.3) is 0 Å². The van der Waals surface area contributed by atoms with Gasteiger partial charge in [0.2, 0.25) is 11.8 Å². The van der Waals surface area contributed by atoms with E-state index in [1.807, 2.05) is 4.57 Å². The Balaban J connectivity index is 1.69. The van der Waals surface area contributed by atoms with E-state index in [0.717, 1.165) is 38.1 Å². The molecule has 3 heterocycles. The molecular weight excluding hydrogens is 260 g/mol. The molecule has 106 valence electrons. The predicted octanol–water partition coefficient (Wildman–Crippen LogP) is -0.365. The Morgan fingerprint density at radius 3 is 3.05 bits per heavy atom. The summed E-state index contributed by atoms with van der Waals surface area (Å²) < 4.78 is 1.90. The first-order valence-electron chi connectivity index (χ1n) is 6.61. The molecule has 0 saturated carbocycles. The number of rotatable bonds is 3. The zero-order valence-corrected chi connectivity index (χ0v) is 11.0. The number of carbonyl (C=O) groups is 1. The van der Waals surface area contributed by atoms with Crippen LogP contribution in [0.2, 0.25) is 0 Å². The molecule has 9 heteroatoms.